The summed E-state index contributed by atoms with van der Waals surface area (Å²) in [4.78, 5) is 12.4. The number of aromatic nitrogens is 5. The van der Waals surface area contributed by atoms with E-state index in [2.05, 4.69) is 33.3 Å². The van der Waals surface area contributed by atoms with Crippen LogP contribution in [0.15, 0.2) is 43.0 Å². The molecule has 4 aromatic heterocycles. The number of hydrogen-bond acceptors (Lipinski definition) is 3. The van der Waals surface area contributed by atoms with Gasteiger partial charge in [0.15, 0.2) is 5.65 Å². The highest BCUT2D eigenvalue weighted by Crippen LogP contribution is 2.35. The Hall–Kier alpha value is -2.69. The van der Waals surface area contributed by atoms with Crippen molar-refractivity contribution in [2.75, 3.05) is 0 Å². The van der Waals surface area contributed by atoms with Gasteiger partial charge < -0.3 is 4.98 Å². The van der Waals surface area contributed by atoms with Crippen LogP contribution >= 0.6 is 0 Å². The zero-order valence-electron chi connectivity index (χ0n) is 12.7. The van der Waals surface area contributed by atoms with Crippen molar-refractivity contribution in [3.05, 3.63) is 48.7 Å². The Morgan fingerprint density at radius 2 is 2.00 bits per heavy atom. The predicted molar refractivity (Wildman–Crippen MR) is 89.3 cm³/mol. The molecular formula is C18H17N5. The molecule has 0 radical (unpaired) electrons. The van der Waals surface area contributed by atoms with Crippen LogP contribution in [0.25, 0.3) is 27.8 Å². The number of nitrogens with zero attached hydrogens (tertiary/aromatic N) is 4. The Kier molecular flexibility index (Phi) is 2.74. The smallest absolute Gasteiger partial charge is 0.155 e. The summed E-state index contributed by atoms with van der Waals surface area (Å²) >= 11 is 0. The van der Waals surface area contributed by atoms with E-state index in [1.54, 1.807) is 10.8 Å². The minimum atomic E-state index is 0.637. The van der Waals surface area contributed by atoms with Gasteiger partial charge >= 0.3 is 0 Å². The topological polar surface area (TPSA) is 58.9 Å². The number of pyridine rings is 2. The first-order chi connectivity index (χ1) is 11.4. The molecule has 1 fully saturated rings. The molecule has 0 amide bonds. The van der Waals surface area contributed by atoms with Crippen molar-refractivity contribution in [1.82, 2.24) is 24.6 Å². The molecule has 4 aromatic rings. The molecule has 0 atom stereocenters. The molecule has 0 bridgehead atoms. The van der Waals surface area contributed by atoms with Crippen molar-refractivity contribution in [2.45, 2.75) is 31.6 Å². The molecule has 114 valence electrons. The molecule has 0 saturated heterocycles. The highest BCUT2D eigenvalue weighted by molar-refractivity contribution is 5.93. The van der Waals surface area contributed by atoms with Crippen molar-refractivity contribution >= 4 is 16.7 Å². The van der Waals surface area contributed by atoms with Crippen LogP contribution in [0.5, 0.6) is 0 Å². The average molecular weight is 303 g/mol. The number of nitrogens with one attached hydrogen (secondary N) is 1. The summed E-state index contributed by atoms with van der Waals surface area (Å²) in [6.07, 6.45) is 10.8. The zero-order valence-corrected chi connectivity index (χ0v) is 12.7. The van der Waals surface area contributed by atoms with Crippen LogP contribution in [0, 0.1) is 0 Å². The van der Waals surface area contributed by atoms with Crippen molar-refractivity contribution in [1.29, 1.82) is 0 Å². The molecule has 5 heteroatoms. The second-order valence-corrected chi connectivity index (χ2v) is 6.30. The lowest BCUT2D eigenvalue weighted by Gasteiger charge is -2.08. The van der Waals surface area contributed by atoms with E-state index in [1.165, 1.54) is 31.4 Å². The van der Waals surface area contributed by atoms with Crippen LogP contribution < -0.4 is 0 Å². The highest BCUT2D eigenvalue weighted by Gasteiger charge is 2.19. The van der Waals surface area contributed by atoms with Crippen LogP contribution in [0.3, 0.4) is 0 Å². The lowest BCUT2D eigenvalue weighted by Crippen LogP contribution is -1.96. The fourth-order valence-electron chi connectivity index (χ4n) is 3.68. The maximum atomic E-state index is 4.87. The first-order valence-corrected chi connectivity index (χ1v) is 8.16. The SMILES string of the molecule is c1nc2ccc(-c3c[nH]c4nc(C5CCCC5)ccc34)cn2n1. The van der Waals surface area contributed by atoms with Crippen LogP contribution in [0.2, 0.25) is 0 Å². The summed E-state index contributed by atoms with van der Waals surface area (Å²) in [5.74, 6) is 0.637. The number of fused-ring (bicyclic) bond motifs is 2. The van der Waals surface area contributed by atoms with Crippen molar-refractivity contribution < 1.29 is 0 Å². The van der Waals surface area contributed by atoms with Gasteiger partial charge in [0, 0.05) is 40.5 Å². The third kappa shape index (κ3) is 2.04. The highest BCUT2D eigenvalue weighted by atomic mass is 15.3. The number of hydrogen-bond donors (Lipinski definition) is 1. The molecule has 5 nitrogen and oxygen atoms in total. The summed E-state index contributed by atoms with van der Waals surface area (Å²) in [5.41, 5.74) is 5.33. The lowest BCUT2D eigenvalue weighted by molar-refractivity contribution is 0.700. The largest absolute Gasteiger partial charge is 0.346 e. The molecule has 0 spiro atoms. The zero-order chi connectivity index (χ0) is 15.2. The number of aromatic amines is 1. The predicted octanol–water partition coefficient (Wildman–Crippen LogP) is 3.93. The minimum absolute atomic E-state index is 0.637. The number of H-pyrrole nitrogens is 1. The average Bonchev–Trinajstić information content (AvgIpc) is 3.32. The summed E-state index contributed by atoms with van der Waals surface area (Å²) < 4.78 is 1.80. The quantitative estimate of drug-likeness (QED) is 0.610. The van der Waals surface area contributed by atoms with E-state index in [4.69, 9.17) is 4.98 Å². The van der Waals surface area contributed by atoms with Crippen LogP contribution in [0.4, 0.5) is 0 Å². The minimum Gasteiger partial charge on any atom is -0.346 e. The van der Waals surface area contributed by atoms with Crippen molar-refractivity contribution in [2.24, 2.45) is 0 Å². The van der Waals surface area contributed by atoms with E-state index in [0.717, 1.165) is 27.8 Å². The van der Waals surface area contributed by atoms with E-state index < -0.39 is 0 Å². The van der Waals surface area contributed by atoms with E-state index >= 15 is 0 Å². The van der Waals surface area contributed by atoms with Gasteiger partial charge in [-0.05, 0) is 37.1 Å². The second kappa shape index (κ2) is 4.91. The van der Waals surface area contributed by atoms with Gasteiger partial charge in [0.05, 0.1) is 0 Å². The monoisotopic (exact) mass is 303 g/mol. The molecule has 0 aromatic carbocycles. The molecule has 1 N–H and O–H groups in total. The molecule has 0 unspecified atom stereocenters. The second-order valence-electron chi connectivity index (χ2n) is 6.30. The van der Waals surface area contributed by atoms with Crippen LogP contribution in [0.1, 0.15) is 37.3 Å². The molecule has 23 heavy (non-hydrogen) atoms. The van der Waals surface area contributed by atoms with Crippen LogP contribution in [-0.2, 0) is 0 Å². The van der Waals surface area contributed by atoms with Gasteiger partial charge in [0.25, 0.3) is 0 Å². The summed E-state index contributed by atoms with van der Waals surface area (Å²) in [5, 5.41) is 5.37. The maximum absolute atomic E-state index is 4.87. The van der Waals surface area contributed by atoms with Crippen molar-refractivity contribution in [3.8, 4) is 11.1 Å². The van der Waals surface area contributed by atoms with Gasteiger partial charge in [-0.1, -0.05) is 12.8 Å². The summed E-state index contributed by atoms with van der Waals surface area (Å²) in [7, 11) is 0. The molecule has 5 rings (SSSR count). The molecule has 4 heterocycles. The molecule has 0 aliphatic heterocycles. The van der Waals surface area contributed by atoms with Gasteiger partial charge in [-0.25, -0.2) is 14.5 Å². The summed E-state index contributed by atoms with van der Waals surface area (Å²) in [6, 6.07) is 8.47. The van der Waals surface area contributed by atoms with Gasteiger partial charge in [-0.2, -0.15) is 5.10 Å². The fourth-order valence-corrected chi connectivity index (χ4v) is 3.68. The Bertz CT molecular complexity index is 991. The third-order valence-corrected chi connectivity index (χ3v) is 4.92. The molecular weight excluding hydrogens is 286 g/mol. The van der Waals surface area contributed by atoms with Gasteiger partial charge in [0.1, 0.15) is 12.0 Å². The Balaban J connectivity index is 1.61. The Morgan fingerprint density at radius 1 is 1.09 bits per heavy atom. The lowest BCUT2D eigenvalue weighted by atomic mass is 10.0. The molecule has 1 saturated carbocycles. The van der Waals surface area contributed by atoms with E-state index in [9.17, 15) is 0 Å². The first-order valence-electron chi connectivity index (χ1n) is 8.16. The Morgan fingerprint density at radius 3 is 2.91 bits per heavy atom. The van der Waals surface area contributed by atoms with Gasteiger partial charge in [-0.3, -0.25) is 0 Å². The number of rotatable bonds is 2. The third-order valence-electron chi connectivity index (χ3n) is 4.92. The van der Waals surface area contributed by atoms with Crippen molar-refractivity contribution in [3.63, 3.8) is 0 Å². The fraction of sp³-hybridized carbons (Fsp3) is 0.278. The van der Waals surface area contributed by atoms with Gasteiger partial charge in [0.2, 0.25) is 0 Å². The maximum Gasteiger partial charge on any atom is 0.155 e. The van der Waals surface area contributed by atoms with Crippen LogP contribution in [-0.4, -0.2) is 24.6 Å². The van der Waals surface area contributed by atoms with E-state index in [-0.39, 0.29) is 0 Å². The van der Waals surface area contributed by atoms with Gasteiger partial charge in [-0.15, -0.1) is 0 Å². The van der Waals surface area contributed by atoms with E-state index in [1.807, 2.05) is 18.5 Å². The Labute approximate surface area is 133 Å². The normalized spacial score (nSPS) is 15.8. The standard InChI is InChI=1S/C18H17N5/c1-2-4-12(3-1)16-7-6-14-15(9-19-18(14)22-16)13-5-8-17-20-11-21-23(17)10-13/h5-12H,1-4H2,(H,19,22). The molecule has 1 aliphatic carbocycles. The summed E-state index contributed by atoms with van der Waals surface area (Å²) in [6.45, 7) is 0. The molecule has 1 aliphatic rings. The van der Waals surface area contributed by atoms with E-state index in [0.29, 0.717) is 5.92 Å². The first kappa shape index (κ1) is 12.8.